The van der Waals surface area contributed by atoms with Gasteiger partial charge in [0, 0.05) is 43.1 Å². The predicted octanol–water partition coefficient (Wildman–Crippen LogP) is -2.83. The van der Waals surface area contributed by atoms with Gasteiger partial charge >= 0.3 is 14.2 Å². The number of rotatable bonds is 4. The number of ketones is 2. The maximum Gasteiger partial charge on any atom is 0.489 e. The first kappa shape index (κ1) is 23.4. The Morgan fingerprint density at radius 3 is 2.09 bits per heavy atom. The Bertz CT molecular complexity index is 1170. The summed E-state index contributed by atoms with van der Waals surface area (Å²) < 4.78 is 1.70. The lowest BCUT2D eigenvalue weighted by atomic mass is 9.70. The topological polar surface area (TPSA) is 144 Å². The minimum absolute atomic E-state index is 0.0695. The van der Waals surface area contributed by atoms with E-state index in [0.29, 0.717) is 11.4 Å². The minimum atomic E-state index is -1.99. The van der Waals surface area contributed by atoms with E-state index >= 15 is 0 Å². The van der Waals surface area contributed by atoms with Crippen molar-refractivity contribution in [1.82, 2.24) is 0 Å². The van der Waals surface area contributed by atoms with E-state index in [1.165, 1.54) is 24.3 Å². The van der Waals surface area contributed by atoms with Gasteiger partial charge in [0.15, 0.2) is 5.71 Å². The van der Waals surface area contributed by atoms with Crippen molar-refractivity contribution < 1.29 is 39.4 Å². The van der Waals surface area contributed by atoms with Crippen molar-refractivity contribution in [1.29, 1.82) is 0 Å². The number of allylic oxidation sites excluding steroid dienone is 7. The highest BCUT2D eigenvalue weighted by molar-refractivity contribution is 6.66. The molecule has 11 heteroatoms. The number of hydrogen-bond donors (Lipinski definition) is 4. The molecule has 3 rings (SSSR count). The maximum absolute atomic E-state index is 13.3. The molecule has 32 heavy (non-hydrogen) atoms. The fourth-order valence-corrected chi connectivity index (χ4v) is 3.59. The van der Waals surface area contributed by atoms with Gasteiger partial charge in [-0.1, -0.05) is 11.8 Å². The molecule has 0 saturated carbocycles. The molecular weight excluding hydrogens is 414 g/mol. The van der Waals surface area contributed by atoms with Crippen molar-refractivity contribution in [2.75, 3.05) is 33.1 Å². The molecule has 4 N–H and O–H groups in total. The molecule has 2 aliphatic carbocycles. The van der Waals surface area contributed by atoms with Crippen LogP contribution in [0.15, 0.2) is 58.8 Å². The van der Waals surface area contributed by atoms with Gasteiger partial charge in [-0.25, -0.2) is 4.58 Å². The number of carbonyl (C=O) groups is 2. The Hall–Kier alpha value is -3.24. The number of Topliss-reactive ketones (excluding diaryl/α,β-unsaturated/α-hetero) is 2. The van der Waals surface area contributed by atoms with E-state index in [0.717, 1.165) is 0 Å². The summed E-state index contributed by atoms with van der Waals surface area (Å²) in [6.07, 6.45) is 4.36. The molecule has 0 heterocycles. The molecule has 9 nitrogen and oxygen atoms in total. The van der Waals surface area contributed by atoms with Crippen molar-refractivity contribution in [2.24, 2.45) is 0 Å². The Kier molecular flexibility index (Phi) is 6.38. The van der Waals surface area contributed by atoms with Crippen LogP contribution in [0.4, 0.5) is 5.69 Å². The summed E-state index contributed by atoms with van der Waals surface area (Å²) in [7, 11) is 2.94. The second-order valence-corrected chi connectivity index (χ2v) is 7.82. The Morgan fingerprint density at radius 1 is 0.938 bits per heavy atom. The summed E-state index contributed by atoms with van der Waals surface area (Å²) in [5, 5.41) is 52.6. The lowest BCUT2D eigenvalue weighted by molar-refractivity contribution is -0.462. The summed E-state index contributed by atoms with van der Waals surface area (Å²) in [6.45, 7) is 0. The van der Waals surface area contributed by atoms with E-state index in [2.05, 4.69) is 0 Å². The van der Waals surface area contributed by atoms with Crippen LogP contribution in [0.1, 0.15) is 5.56 Å². The highest BCUT2D eigenvalue weighted by Gasteiger charge is 2.38. The van der Waals surface area contributed by atoms with Gasteiger partial charge in [0.1, 0.15) is 14.1 Å². The lowest BCUT2D eigenvalue weighted by Crippen LogP contribution is -2.34. The molecule has 1 aromatic rings. The summed E-state index contributed by atoms with van der Waals surface area (Å²) in [4.78, 5) is 27.3. The van der Waals surface area contributed by atoms with E-state index in [1.807, 2.05) is 0 Å². The molecule has 0 radical (unpaired) electrons. The standard InChI is InChI=1S/C21H22B2N2O7/c1-24(2)11-5-7-13(15(9-11)22(29)30)17-19(26)18(21(28)20(17)27)14-8-6-12(25(3)4)10-16(14)23(31)32/h5-10,29-32H,1-4H3. The average Bonchev–Trinajstić information content (AvgIpc) is 2.95. The molecule has 164 valence electrons. The van der Waals surface area contributed by atoms with Crippen molar-refractivity contribution >= 4 is 48.2 Å². The zero-order valence-corrected chi connectivity index (χ0v) is 18.0. The molecule has 0 amide bonds. The highest BCUT2D eigenvalue weighted by atomic mass is 16.4. The third-order valence-electron chi connectivity index (χ3n) is 5.31. The summed E-state index contributed by atoms with van der Waals surface area (Å²) >= 11 is 0. The second kappa shape index (κ2) is 8.71. The van der Waals surface area contributed by atoms with Gasteiger partial charge < -0.3 is 30.1 Å². The van der Waals surface area contributed by atoms with Crippen LogP contribution in [0.2, 0.25) is 0 Å². The molecule has 0 saturated heterocycles. The van der Waals surface area contributed by atoms with Gasteiger partial charge in [0.05, 0.1) is 0 Å². The Labute approximate surface area is 185 Å². The van der Waals surface area contributed by atoms with Crippen LogP contribution in [-0.2, 0) is 9.59 Å². The van der Waals surface area contributed by atoms with Gasteiger partial charge in [0.25, 0.3) is 0 Å². The number of nitrogens with zero attached hydrogens (tertiary/aromatic N) is 2. The normalized spacial score (nSPS) is 18.4. The zero-order valence-electron chi connectivity index (χ0n) is 18.0. The van der Waals surface area contributed by atoms with Gasteiger partial charge in [-0.05, 0) is 40.3 Å². The number of carbonyl (C=O) groups excluding carboxylic acids is 2. The number of anilines is 1. The number of hydrogen-bond acceptors (Lipinski definition) is 8. The molecular formula is C21H22B2N2O7. The fraction of sp³-hybridized carbons (Fsp3) is 0.190. The van der Waals surface area contributed by atoms with Crippen LogP contribution in [0.5, 0.6) is 0 Å². The molecule has 0 spiro atoms. The third kappa shape index (κ3) is 3.98. The highest BCUT2D eigenvalue weighted by Crippen LogP contribution is 2.35. The first-order valence-corrected chi connectivity index (χ1v) is 9.68. The monoisotopic (exact) mass is 436 g/mol. The van der Waals surface area contributed by atoms with Gasteiger partial charge in [0.2, 0.25) is 11.6 Å². The first-order valence-electron chi connectivity index (χ1n) is 9.68. The third-order valence-corrected chi connectivity index (χ3v) is 5.31. The van der Waals surface area contributed by atoms with Gasteiger partial charge in [-0.15, -0.1) is 0 Å². The summed E-state index contributed by atoms with van der Waals surface area (Å²) in [6, 6.07) is 4.36. The lowest BCUT2D eigenvalue weighted by Gasteiger charge is -2.20. The Balaban J connectivity index is 2.28. The molecule has 0 atom stereocenters. The van der Waals surface area contributed by atoms with Gasteiger partial charge in [-0.3, -0.25) is 9.59 Å². The summed E-state index contributed by atoms with van der Waals surface area (Å²) in [5.41, 5.74) is -0.145. The average molecular weight is 436 g/mol. The largest absolute Gasteiger partial charge is 0.871 e. The smallest absolute Gasteiger partial charge is 0.489 e. The van der Waals surface area contributed by atoms with E-state index in [-0.39, 0.29) is 22.1 Å². The van der Waals surface area contributed by atoms with E-state index in [1.54, 1.807) is 49.8 Å². The van der Waals surface area contributed by atoms with Gasteiger partial charge in [-0.2, -0.15) is 0 Å². The SMILES string of the molecule is CN(C)c1ccc(C2=C([O-])C(=C3C=CC(=[N+](C)C)C=C3B(O)O)C(=O)C2=O)c(B(O)O)c1. The van der Waals surface area contributed by atoms with Crippen LogP contribution in [0.3, 0.4) is 0 Å². The van der Waals surface area contributed by atoms with Crippen LogP contribution < -0.4 is 15.5 Å². The molecule has 0 unspecified atom stereocenters. The number of benzene rings is 1. The van der Waals surface area contributed by atoms with Crippen molar-refractivity contribution in [3.63, 3.8) is 0 Å². The quantitative estimate of drug-likeness (QED) is 0.171. The van der Waals surface area contributed by atoms with Crippen molar-refractivity contribution in [3.8, 4) is 0 Å². The fourth-order valence-electron chi connectivity index (χ4n) is 3.59. The van der Waals surface area contributed by atoms with E-state index < -0.39 is 42.7 Å². The van der Waals surface area contributed by atoms with E-state index in [9.17, 15) is 34.8 Å². The molecule has 0 bridgehead atoms. The van der Waals surface area contributed by atoms with Crippen LogP contribution in [0, 0.1) is 0 Å². The van der Waals surface area contributed by atoms with Crippen molar-refractivity contribution in [2.45, 2.75) is 0 Å². The predicted molar refractivity (Wildman–Crippen MR) is 119 cm³/mol. The molecule has 0 aliphatic heterocycles. The van der Waals surface area contributed by atoms with E-state index in [4.69, 9.17) is 0 Å². The van der Waals surface area contributed by atoms with Crippen LogP contribution in [0.25, 0.3) is 5.57 Å². The molecule has 0 aromatic heterocycles. The first-order chi connectivity index (χ1) is 15.0. The van der Waals surface area contributed by atoms with Crippen molar-refractivity contribution in [3.05, 3.63) is 64.4 Å². The zero-order chi connectivity index (χ0) is 23.9. The molecule has 1 aromatic carbocycles. The summed E-state index contributed by atoms with van der Waals surface area (Å²) in [5.74, 6) is -3.11. The Morgan fingerprint density at radius 2 is 1.56 bits per heavy atom. The molecule has 2 aliphatic rings. The second-order valence-electron chi connectivity index (χ2n) is 7.82. The maximum atomic E-state index is 13.3. The van der Waals surface area contributed by atoms with Crippen LogP contribution >= 0.6 is 0 Å². The minimum Gasteiger partial charge on any atom is -0.871 e. The van der Waals surface area contributed by atoms with Crippen LogP contribution in [-0.4, -0.2) is 84.4 Å². The molecule has 0 fully saturated rings.